The lowest BCUT2D eigenvalue weighted by Crippen LogP contribution is -2.30. The summed E-state index contributed by atoms with van der Waals surface area (Å²) in [7, 11) is 0. The van der Waals surface area contributed by atoms with Gasteiger partial charge >= 0.3 is 0 Å². The Morgan fingerprint density at radius 2 is 1.84 bits per heavy atom. The zero-order chi connectivity index (χ0) is 13.3. The van der Waals surface area contributed by atoms with Crippen LogP contribution in [0, 0.1) is 5.92 Å². The van der Waals surface area contributed by atoms with Gasteiger partial charge in [-0.1, -0.05) is 37.1 Å². The summed E-state index contributed by atoms with van der Waals surface area (Å²) in [5.41, 5.74) is 1.87. The maximum atomic E-state index is 10.7. The van der Waals surface area contributed by atoms with Gasteiger partial charge in [-0.3, -0.25) is 0 Å². The van der Waals surface area contributed by atoms with Crippen molar-refractivity contribution in [3.63, 3.8) is 0 Å². The van der Waals surface area contributed by atoms with Gasteiger partial charge in [-0.05, 0) is 55.6 Å². The van der Waals surface area contributed by atoms with E-state index in [1.807, 2.05) is 6.07 Å². The molecule has 1 aromatic carbocycles. The highest BCUT2D eigenvalue weighted by molar-refractivity contribution is 5.30. The van der Waals surface area contributed by atoms with Crippen molar-refractivity contribution in [2.45, 2.75) is 63.1 Å². The first-order valence-corrected chi connectivity index (χ1v) is 7.66. The highest BCUT2D eigenvalue weighted by Gasteiger charge is 2.37. The van der Waals surface area contributed by atoms with Crippen molar-refractivity contribution in [3.05, 3.63) is 35.4 Å². The summed E-state index contributed by atoms with van der Waals surface area (Å²) in [4.78, 5) is 0. The standard InChI is InChI=1S/C17H24O2/c18-16-14(12-17(19)10-3-4-11-17)8-5-7-13-6-1-2-9-15(13)16/h1-2,6,9,14,16,18-19H,3-5,7-8,10-12H2. The van der Waals surface area contributed by atoms with E-state index in [0.29, 0.717) is 0 Å². The Morgan fingerprint density at radius 1 is 1.11 bits per heavy atom. The van der Waals surface area contributed by atoms with E-state index in [1.54, 1.807) is 0 Å². The Labute approximate surface area is 115 Å². The summed E-state index contributed by atoms with van der Waals surface area (Å²) in [5, 5.41) is 21.3. The zero-order valence-corrected chi connectivity index (χ0v) is 11.5. The van der Waals surface area contributed by atoms with Gasteiger partial charge < -0.3 is 10.2 Å². The molecule has 0 spiro atoms. The van der Waals surface area contributed by atoms with Crippen molar-refractivity contribution in [2.24, 2.45) is 5.92 Å². The molecule has 0 aliphatic heterocycles. The Kier molecular flexibility index (Phi) is 3.64. The van der Waals surface area contributed by atoms with Crippen LogP contribution in [0.15, 0.2) is 24.3 Å². The molecule has 2 N–H and O–H groups in total. The average Bonchev–Trinajstić information content (AvgIpc) is 2.77. The van der Waals surface area contributed by atoms with Crippen LogP contribution in [0.1, 0.15) is 62.2 Å². The third-order valence-corrected chi connectivity index (χ3v) is 5.02. The predicted octanol–water partition coefficient (Wildman–Crippen LogP) is 3.37. The first kappa shape index (κ1) is 13.1. The lowest BCUT2D eigenvalue weighted by molar-refractivity contribution is -0.0100. The van der Waals surface area contributed by atoms with Crippen LogP contribution in [-0.2, 0) is 6.42 Å². The van der Waals surface area contributed by atoms with E-state index in [-0.39, 0.29) is 5.92 Å². The van der Waals surface area contributed by atoms with E-state index in [9.17, 15) is 10.2 Å². The number of benzene rings is 1. The number of hydrogen-bond donors (Lipinski definition) is 2. The first-order chi connectivity index (χ1) is 9.18. The van der Waals surface area contributed by atoms with Crippen molar-refractivity contribution in [3.8, 4) is 0 Å². The van der Waals surface area contributed by atoms with Crippen molar-refractivity contribution < 1.29 is 10.2 Å². The normalized spacial score (nSPS) is 29.8. The number of aliphatic hydroxyl groups excluding tert-OH is 1. The smallest absolute Gasteiger partial charge is 0.0821 e. The molecule has 0 amide bonds. The molecule has 1 aromatic rings. The summed E-state index contributed by atoms with van der Waals surface area (Å²) in [6.45, 7) is 0. The third-order valence-electron chi connectivity index (χ3n) is 5.02. The molecule has 0 saturated heterocycles. The van der Waals surface area contributed by atoms with Gasteiger partial charge in [0, 0.05) is 0 Å². The first-order valence-electron chi connectivity index (χ1n) is 7.66. The van der Waals surface area contributed by atoms with E-state index >= 15 is 0 Å². The van der Waals surface area contributed by atoms with Gasteiger partial charge in [0.2, 0.25) is 0 Å². The average molecular weight is 260 g/mol. The molecule has 0 aromatic heterocycles. The number of hydrogen-bond acceptors (Lipinski definition) is 2. The van der Waals surface area contributed by atoms with Gasteiger partial charge in [-0.25, -0.2) is 0 Å². The fourth-order valence-electron chi connectivity index (χ4n) is 3.96. The van der Waals surface area contributed by atoms with Gasteiger partial charge in [0.05, 0.1) is 11.7 Å². The van der Waals surface area contributed by atoms with Crippen LogP contribution in [-0.4, -0.2) is 15.8 Å². The minimum Gasteiger partial charge on any atom is -0.390 e. The van der Waals surface area contributed by atoms with Crippen LogP contribution in [0.5, 0.6) is 0 Å². The molecular weight excluding hydrogens is 236 g/mol. The minimum atomic E-state index is -0.509. The van der Waals surface area contributed by atoms with E-state index in [4.69, 9.17) is 0 Å². The quantitative estimate of drug-likeness (QED) is 0.800. The molecule has 2 atom stereocenters. The molecule has 2 heteroatoms. The topological polar surface area (TPSA) is 40.5 Å². The molecule has 2 aliphatic carbocycles. The third kappa shape index (κ3) is 2.70. The van der Waals surface area contributed by atoms with Gasteiger partial charge in [0.25, 0.3) is 0 Å². The summed E-state index contributed by atoms with van der Waals surface area (Å²) >= 11 is 0. The Hall–Kier alpha value is -0.860. The lowest BCUT2D eigenvalue weighted by Gasteiger charge is -2.30. The summed E-state index contributed by atoms with van der Waals surface area (Å²) < 4.78 is 0. The number of fused-ring (bicyclic) bond motifs is 1. The predicted molar refractivity (Wildman–Crippen MR) is 75.9 cm³/mol. The number of aliphatic hydroxyl groups is 2. The van der Waals surface area contributed by atoms with Crippen molar-refractivity contribution >= 4 is 0 Å². The van der Waals surface area contributed by atoms with Crippen LogP contribution in [0.25, 0.3) is 0 Å². The second-order valence-electron chi connectivity index (χ2n) is 6.43. The highest BCUT2D eigenvalue weighted by Crippen LogP contribution is 2.42. The summed E-state index contributed by atoms with van der Waals surface area (Å²) in [6.07, 6.45) is 7.67. The SMILES string of the molecule is OC1c2ccccc2CCCC1CC1(O)CCCC1. The van der Waals surface area contributed by atoms with Crippen LogP contribution < -0.4 is 0 Å². The molecule has 0 bridgehead atoms. The molecule has 0 radical (unpaired) electrons. The molecule has 0 heterocycles. The van der Waals surface area contributed by atoms with Crippen molar-refractivity contribution in [2.75, 3.05) is 0 Å². The summed E-state index contributed by atoms with van der Waals surface area (Å²) in [5.74, 6) is 0.215. The summed E-state index contributed by atoms with van der Waals surface area (Å²) in [6, 6.07) is 8.24. The fourth-order valence-corrected chi connectivity index (χ4v) is 3.96. The number of aryl methyl sites for hydroxylation is 1. The van der Waals surface area contributed by atoms with Crippen LogP contribution in [0.3, 0.4) is 0 Å². The maximum absolute atomic E-state index is 10.7. The Morgan fingerprint density at radius 3 is 2.63 bits per heavy atom. The van der Waals surface area contributed by atoms with E-state index < -0.39 is 11.7 Å². The second-order valence-corrected chi connectivity index (χ2v) is 6.43. The molecule has 2 unspecified atom stereocenters. The zero-order valence-electron chi connectivity index (χ0n) is 11.5. The van der Waals surface area contributed by atoms with Gasteiger partial charge in [-0.15, -0.1) is 0 Å². The minimum absolute atomic E-state index is 0.215. The van der Waals surface area contributed by atoms with E-state index in [1.165, 1.54) is 5.56 Å². The van der Waals surface area contributed by atoms with Gasteiger partial charge in [0.15, 0.2) is 0 Å². The molecular formula is C17H24O2. The molecule has 104 valence electrons. The monoisotopic (exact) mass is 260 g/mol. The van der Waals surface area contributed by atoms with Crippen molar-refractivity contribution in [1.29, 1.82) is 0 Å². The fraction of sp³-hybridized carbons (Fsp3) is 0.647. The largest absolute Gasteiger partial charge is 0.390 e. The number of rotatable bonds is 2. The molecule has 1 saturated carbocycles. The van der Waals surface area contributed by atoms with Gasteiger partial charge in [-0.2, -0.15) is 0 Å². The molecule has 19 heavy (non-hydrogen) atoms. The van der Waals surface area contributed by atoms with Gasteiger partial charge in [0.1, 0.15) is 0 Å². The Balaban J connectivity index is 1.79. The molecule has 2 aliphatic rings. The Bertz CT molecular complexity index is 435. The maximum Gasteiger partial charge on any atom is 0.0821 e. The second kappa shape index (κ2) is 5.26. The van der Waals surface area contributed by atoms with Crippen LogP contribution >= 0.6 is 0 Å². The van der Waals surface area contributed by atoms with E-state index in [0.717, 1.165) is 56.9 Å². The lowest BCUT2D eigenvalue weighted by atomic mass is 9.82. The molecule has 2 nitrogen and oxygen atoms in total. The molecule has 1 fully saturated rings. The van der Waals surface area contributed by atoms with Crippen molar-refractivity contribution in [1.82, 2.24) is 0 Å². The molecule has 3 rings (SSSR count). The highest BCUT2D eigenvalue weighted by atomic mass is 16.3. The van der Waals surface area contributed by atoms with Crippen LogP contribution in [0.2, 0.25) is 0 Å². The van der Waals surface area contributed by atoms with Crippen LogP contribution in [0.4, 0.5) is 0 Å². The van der Waals surface area contributed by atoms with E-state index in [2.05, 4.69) is 18.2 Å².